The predicted octanol–water partition coefficient (Wildman–Crippen LogP) is 7.83. The van der Waals surface area contributed by atoms with Crippen LogP contribution in [0.5, 0.6) is 0 Å². The molecule has 41 heavy (non-hydrogen) atoms. The van der Waals surface area contributed by atoms with Gasteiger partial charge in [-0.1, -0.05) is 53.7 Å². The van der Waals surface area contributed by atoms with Crippen LogP contribution in [-0.4, -0.2) is 23.2 Å². The molecule has 0 aromatic rings. The van der Waals surface area contributed by atoms with Crippen molar-refractivity contribution in [2.75, 3.05) is 0 Å². The third-order valence-electron chi connectivity index (χ3n) is 12.3. The van der Waals surface area contributed by atoms with Gasteiger partial charge in [-0.2, -0.15) is 5.26 Å². The van der Waals surface area contributed by atoms with Crippen LogP contribution >= 0.6 is 0 Å². The maximum absolute atomic E-state index is 14.5. The number of Topliss-reactive ketones (excluding diaryl/α,β-unsaturated/α-hetero) is 1. The number of rotatable bonds is 4. The van der Waals surface area contributed by atoms with Crippen LogP contribution < -0.4 is 5.32 Å². The lowest BCUT2D eigenvalue weighted by Gasteiger charge is -2.64. The van der Waals surface area contributed by atoms with E-state index in [9.17, 15) is 14.9 Å². The zero-order valence-electron chi connectivity index (χ0n) is 25.7. The molecule has 5 heteroatoms. The highest BCUT2D eigenvalue weighted by atomic mass is 16.5. The number of nitrogens with one attached hydrogen (secondary N) is 1. The Morgan fingerprint density at radius 3 is 2.34 bits per heavy atom. The predicted molar refractivity (Wildman–Crippen MR) is 162 cm³/mol. The molecule has 4 saturated carbocycles. The van der Waals surface area contributed by atoms with Crippen LogP contribution in [0.1, 0.15) is 114 Å². The second kappa shape index (κ2) is 9.85. The Labute approximate surface area is 248 Å². The SMILES string of the molecule is C.CC(C)OC(NC12CCC3C(C(=O)C=C4C5(C)C=C(C#N)C(=O)C(C)C5CCC43C)C1CC(C)(C)CC2)=C1CC1. The van der Waals surface area contributed by atoms with E-state index >= 15 is 0 Å². The summed E-state index contributed by atoms with van der Waals surface area (Å²) in [6.07, 6.45) is 13.6. The Hall–Kier alpha value is -2.35. The summed E-state index contributed by atoms with van der Waals surface area (Å²) in [6.45, 7) is 15.5. The number of ketones is 2. The third-order valence-corrected chi connectivity index (χ3v) is 12.3. The molecular formula is C36H52N2O3. The summed E-state index contributed by atoms with van der Waals surface area (Å²) in [5, 5.41) is 13.8. The van der Waals surface area contributed by atoms with E-state index in [0.29, 0.717) is 0 Å². The summed E-state index contributed by atoms with van der Waals surface area (Å²) in [4.78, 5) is 27.4. The standard InChI is InChI=1S/C35H48N2O3.CH4/c1-20(2)40-31(22-8-9-22)37-35-13-11-25-29(26(35)18-32(4,5)14-15-35)27(38)16-28-33(25,6)12-10-24-21(3)30(39)23(19-36)17-34(24,28)7;/h16-17,20-21,24-26,29,37H,8-15,18H2,1-7H3;1H4. The third kappa shape index (κ3) is 4.54. The smallest absolute Gasteiger partial charge is 0.186 e. The van der Waals surface area contributed by atoms with Gasteiger partial charge in [0.25, 0.3) is 0 Å². The van der Waals surface area contributed by atoms with Crippen molar-refractivity contribution in [3.05, 3.63) is 34.8 Å². The molecule has 5 nitrogen and oxygen atoms in total. The number of hydrogen-bond donors (Lipinski definition) is 1. The fraction of sp³-hybridized carbons (Fsp3) is 0.750. The number of allylic oxidation sites excluding steroid dienone is 5. The molecule has 0 spiro atoms. The number of hydrogen-bond acceptors (Lipinski definition) is 5. The maximum atomic E-state index is 14.5. The van der Waals surface area contributed by atoms with E-state index in [1.165, 1.54) is 11.1 Å². The van der Waals surface area contributed by atoms with Crippen molar-refractivity contribution in [1.82, 2.24) is 5.32 Å². The van der Waals surface area contributed by atoms with Crippen molar-refractivity contribution < 1.29 is 14.3 Å². The molecule has 1 N–H and O–H groups in total. The fourth-order valence-corrected chi connectivity index (χ4v) is 10.1. The van der Waals surface area contributed by atoms with Gasteiger partial charge in [0.05, 0.1) is 11.7 Å². The van der Waals surface area contributed by atoms with Gasteiger partial charge in [-0.05, 0) is 112 Å². The van der Waals surface area contributed by atoms with Crippen LogP contribution in [0.4, 0.5) is 0 Å². The molecule has 0 bridgehead atoms. The van der Waals surface area contributed by atoms with Gasteiger partial charge < -0.3 is 10.1 Å². The molecule has 4 fully saturated rings. The highest BCUT2D eigenvalue weighted by molar-refractivity contribution is 6.02. The Morgan fingerprint density at radius 1 is 1.02 bits per heavy atom. The number of carbonyl (C=O) groups excluding carboxylic acids is 2. The molecular weight excluding hydrogens is 508 g/mol. The minimum Gasteiger partial charge on any atom is -0.477 e. The van der Waals surface area contributed by atoms with Crippen molar-refractivity contribution >= 4 is 11.6 Å². The molecule has 6 aliphatic carbocycles. The lowest BCUT2D eigenvalue weighted by molar-refractivity contribution is -0.140. The molecule has 0 heterocycles. The summed E-state index contributed by atoms with van der Waals surface area (Å²) in [5.41, 5.74) is 2.40. The summed E-state index contributed by atoms with van der Waals surface area (Å²) >= 11 is 0. The first-order valence-corrected chi connectivity index (χ1v) is 15.9. The molecule has 6 aliphatic rings. The molecule has 8 atom stereocenters. The molecule has 224 valence electrons. The van der Waals surface area contributed by atoms with E-state index < -0.39 is 5.41 Å². The van der Waals surface area contributed by atoms with Gasteiger partial charge in [-0.3, -0.25) is 9.59 Å². The Balaban J connectivity index is 0.00000337. The molecule has 8 unspecified atom stereocenters. The van der Waals surface area contributed by atoms with Gasteiger partial charge in [0.2, 0.25) is 0 Å². The van der Waals surface area contributed by atoms with Crippen LogP contribution in [0, 0.1) is 57.2 Å². The van der Waals surface area contributed by atoms with Crippen LogP contribution in [0.3, 0.4) is 0 Å². The monoisotopic (exact) mass is 560 g/mol. The Morgan fingerprint density at radius 2 is 1.71 bits per heavy atom. The summed E-state index contributed by atoms with van der Waals surface area (Å²) < 4.78 is 6.36. The lowest BCUT2D eigenvalue weighted by Crippen LogP contribution is -2.65. The zero-order chi connectivity index (χ0) is 28.8. The number of carbonyl (C=O) groups is 2. The highest BCUT2D eigenvalue weighted by Crippen LogP contribution is 2.68. The van der Waals surface area contributed by atoms with E-state index in [2.05, 4.69) is 52.9 Å². The largest absolute Gasteiger partial charge is 0.477 e. The molecule has 0 saturated heterocycles. The second-order valence-corrected chi connectivity index (χ2v) is 15.7. The fourth-order valence-electron chi connectivity index (χ4n) is 10.1. The van der Waals surface area contributed by atoms with Gasteiger partial charge in [-0.15, -0.1) is 0 Å². The van der Waals surface area contributed by atoms with E-state index in [-0.39, 0.29) is 76.6 Å². The van der Waals surface area contributed by atoms with Crippen LogP contribution in [-0.2, 0) is 14.3 Å². The van der Waals surface area contributed by atoms with Gasteiger partial charge >= 0.3 is 0 Å². The molecule has 0 radical (unpaired) electrons. The van der Waals surface area contributed by atoms with Gasteiger partial charge in [-0.25, -0.2) is 0 Å². The first-order chi connectivity index (χ1) is 18.7. The molecule has 0 aliphatic heterocycles. The summed E-state index contributed by atoms with van der Waals surface area (Å²) in [6, 6.07) is 2.19. The first-order valence-electron chi connectivity index (χ1n) is 15.9. The van der Waals surface area contributed by atoms with E-state index in [1.807, 2.05) is 19.1 Å². The van der Waals surface area contributed by atoms with Crippen molar-refractivity contribution in [1.29, 1.82) is 5.26 Å². The highest BCUT2D eigenvalue weighted by Gasteiger charge is 2.64. The average Bonchev–Trinajstić information content (AvgIpc) is 3.72. The summed E-state index contributed by atoms with van der Waals surface area (Å²) in [5.74, 6) is 1.70. The van der Waals surface area contributed by atoms with Gasteiger partial charge in [0, 0.05) is 22.8 Å². The van der Waals surface area contributed by atoms with E-state index in [4.69, 9.17) is 4.74 Å². The van der Waals surface area contributed by atoms with Crippen LogP contribution in [0.15, 0.2) is 34.8 Å². The molecule has 0 aromatic heterocycles. The topological polar surface area (TPSA) is 79.2 Å². The number of nitrogens with zero attached hydrogens (tertiary/aromatic N) is 1. The van der Waals surface area contributed by atoms with Crippen LogP contribution in [0.25, 0.3) is 0 Å². The van der Waals surface area contributed by atoms with E-state index in [1.54, 1.807) is 0 Å². The second-order valence-electron chi connectivity index (χ2n) is 15.7. The Kier molecular flexibility index (Phi) is 7.24. The number of fused-ring (bicyclic) bond motifs is 7. The molecule has 0 amide bonds. The number of ether oxygens (including phenoxy) is 1. The average molecular weight is 561 g/mol. The minimum atomic E-state index is -0.431. The quantitative estimate of drug-likeness (QED) is 0.354. The van der Waals surface area contributed by atoms with Gasteiger partial charge in [0.1, 0.15) is 6.07 Å². The van der Waals surface area contributed by atoms with Crippen LogP contribution in [0.2, 0.25) is 0 Å². The minimum absolute atomic E-state index is 0. The van der Waals surface area contributed by atoms with Crippen molar-refractivity contribution in [2.24, 2.45) is 45.8 Å². The zero-order valence-corrected chi connectivity index (χ0v) is 25.7. The number of nitriles is 1. The maximum Gasteiger partial charge on any atom is 0.186 e. The molecule has 0 aromatic carbocycles. The van der Waals surface area contributed by atoms with Crippen molar-refractivity contribution in [3.63, 3.8) is 0 Å². The Bertz CT molecular complexity index is 1270. The van der Waals surface area contributed by atoms with E-state index in [0.717, 1.165) is 63.7 Å². The van der Waals surface area contributed by atoms with Crippen molar-refractivity contribution in [2.45, 2.75) is 125 Å². The van der Waals surface area contributed by atoms with Gasteiger partial charge in [0.15, 0.2) is 17.4 Å². The first kappa shape index (κ1) is 30.1. The molecule has 6 rings (SSSR count). The summed E-state index contributed by atoms with van der Waals surface area (Å²) in [7, 11) is 0. The van der Waals surface area contributed by atoms with Crippen molar-refractivity contribution in [3.8, 4) is 6.07 Å². The lowest BCUT2D eigenvalue weighted by atomic mass is 9.40. The normalized spacial score (nSPS) is 42.2.